The van der Waals surface area contributed by atoms with Crippen LogP contribution in [0.5, 0.6) is 0 Å². The Kier molecular flexibility index (Phi) is 4.99. The Morgan fingerprint density at radius 3 is 2.07 bits per heavy atom. The summed E-state index contributed by atoms with van der Waals surface area (Å²) in [4.78, 5) is 11.8. The maximum absolute atomic E-state index is 11.8. The van der Waals surface area contributed by atoms with Gasteiger partial charge in [-0.05, 0) is 11.8 Å². The lowest BCUT2D eigenvalue weighted by Gasteiger charge is -2.31. The van der Waals surface area contributed by atoms with Crippen LogP contribution in [0.25, 0.3) is 0 Å². The molecular weight excluding hydrogens is 194 g/mol. The average molecular weight is 217 g/mol. The van der Waals surface area contributed by atoms with Crippen LogP contribution >= 0.6 is 12.6 Å². The van der Waals surface area contributed by atoms with Gasteiger partial charge in [0.25, 0.3) is 0 Å². The molecule has 0 aromatic carbocycles. The highest BCUT2D eigenvalue weighted by Crippen LogP contribution is 2.33. The van der Waals surface area contributed by atoms with Gasteiger partial charge < -0.3 is 5.32 Å². The minimum atomic E-state index is -0.290. The molecule has 0 radical (unpaired) electrons. The molecular formula is C11H23NOS. The van der Waals surface area contributed by atoms with E-state index in [0.717, 1.165) is 6.42 Å². The molecule has 0 atom stereocenters. The number of hydrogen-bond acceptors (Lipinski definition) is 2. The Labute approximate surface area is 93.3 Å². The second kappa shape index (κ2) is 5.06. The third-order valence-electron chi connectivity index (χ3n) is 1.98. The van der Waals surface area contributed by atoms with E-state index >= 15 is 0 Å². The van der Waals surface area contributed by atoms with Gasteiger partial charge in [0.05, 0.1) is 0 Å². The topological polar surface area (TPSA) is 29.1 Å². The molecule has 0 saturated carbocycles. The smallest absolute Gasteiger partial charge is 0.225 e. The first-order chi connectivity index (χ1) is 6.19. The Morgan fingerprint density at radius 2 is 1.71 bits per heavy atom. The number of amides is 1. The molecule has 0 saturated heterocycles. The summed E-state index contributed by atoms with van der Waals surface area (Å²) in [6.45, 7) is 11.1. The first kappa shape index (κ1) is 13.8. The van der Waals surface area contributed by atoms with E-state index in [4.69, 9.17) is 0 Å². The van der Waals surface area contributed by atoms with Crippen molar-refractivity contribution in [1.29, 1.82) is 0 Å². The molecule has 0 heterocycles. The highest BCUT2D eigenvalue weighted by atomic mass is 32.1. The summed E-state index contributed by atoms with van der Waals surface area (Å²) in [5, 5.41) is 2.88. The molecule has 0 aliphatic heterocycles. The summed E-state index contributed by atoms with van der Waals surface area (Å²) >= 11 is 4.06. The second-order valence-electron chi connectivity index (χ2n) is 5.60. The van der Waals surface area contributed by atoms with Crippen LogP contribution in [-0.2, 0) is 4.79 Å². The molecule has 0 aromatic heterocycles. The van der Waals surface area contributed by atoms with Gasteiger partial charge in [-0.25, -0.2) is 0 Å². The van der Waals surface area contributed by atoms with Crippen molar-refractivity contribution in [2.45, 2.75) is 41.0 Å². The van der Waals surface area contributed by atoms with Crippen molar-refractivity contribution in [2.75, 3.05) is 12.3 Å². The maximum Gasteiger partial charge on any atom is 0.225 e. The first-order valence-corrected chi connectivity index (χ1v) is 5.71. The highest BCUT2D eigenvalue weighted by molar-refractivity contribution is 7.80. The number of carbonyl (C=O) groups excluding carboxylic acids is 1. The van der Waals surface area contributed by atoms with E-state index in [2.05, 4.69) is 38.7 Å². The molecule has 0 unspecified atom stereocenters. The second-order valence-corrected chi connectivity index (χ2v) is 6.05. The fraction of sp³-hybridized carbons (Fsp3) is 0.909. The van der Waals surface area contributed by atoms with Crippen LogP contribution in [0.3, 0.4) is 0 Å². The van der Waals surface area contributed by atoms with Gasteiger partial charge in [0.1, 0.15) is 0 Å². The number of nitrogens with one attached hydrogen (secondary N) is 1. The van der Waals surface area contributed by atoms with E-state index in [1.807, 2.05) is 13.8 Å². The molecule has 3 heteroatoms. The number of thiol groups is 1. The number of hydrogen-bond donors (Lipinski definition) is 2. The molecule has 0 spiro atoms. The van der Waals surface area contributed by atoms with E-state index < -0.39 is 0 Å². The summed E-state index contributed by atoms with van der Waals surface area (Å²) in [5.74, 6) is 0.818. The third-order valence-corrected chi connectivity index (χ3v) is 2.21. The van der Waals surface area contributed by atoms with Gasteiger partial charge in [0, 0.05) is 17.7 Å². The molecule has 0 aromatic rings. The summed E-state index contributed by atoms with van der Waals surface area (Å²) in [5.41, 5.74) is -0.108. The SMILES string of the molecule is CC(C)(C)CC(C)(C)C(=O)NCCS. The van der Waals surface area contributed by atoms with Crippen molar-refractivity contribution < 1.29 is 4.79 Å². The van der Waals surface area contributed by atoms with Crippen molar-refractivity contribution in [3.05, 3.63) is 0 Å². The van der Waals surface area contributed by atoms with E-state index in [0.29, 0.717) is 12.3 Å². The van der Waals surface area contributed by atoms with Crippen LogP contribution < -0.4 is 5.32 Å². The molecule has 2 nitrogen and oxygen atoms in total. The Balaban J connectivity index is 4.23. The minimum absolute atomic E-state index is 0.126. The largest absolute Gasteiger partial charge is 0.355 e. The number of carbonyl (C=O) groups is 1. The van der Waals surface area contributed by atoms with Crippen LogP contribution in [0.4, 0.5) is 0 Å². The first-order valence-electron chi connectivity index (χ1n) is 5.08. The number of rotatable bonds is 4. The minimum Gasteiger partial charge on any atom is -0.355 e. The van der Waals surface area contributed by atoms with Crippen LogP contribution in [-0.4, -0.2) is 18.2 Å². The van der Waals surface area contributed by atoms with Gasteiger partial charge in [-0.1, -0.05) is 34.6 Å². The van der Waals surface area contributed by atoms with Crippen LogP contribution in [0.2, 0.25) is 0 Å². The fourth-order valence-corrected chi connectivity index (χ4v) is 1.93. The Morgan fingerprint density at radius 1 is 1.21 bits per heavy atom. The lowest BCUT2D eigenvalue weighted by molar-refractivity contribution is -0.130. The molecule has 0 bridgehead atoms. The Hall–Kier alpha value is -0.180. The molecule has 0 rings (SSSR count). The zero-order valence-electron chi connectivity index (χ0n) is 9.98. The summed E-state index contributed by atoms with van der Waals surface area (Å²) in [6, 6.07) is 0. The van der Waals surface area contributed by atoms with Gasteiger partial charge in [0.15, 0.2) is 0 Å². The molecule has 1 amide bonds. The van der Waals surface area contributed by atoms with Crippen LogP contribution in [0.15, 0.2) is 0 Å². The van der Waals surface area contributed by atoms with E-state index in [9.17, 15) is 4.79 Å². The van der Waals surface area contributed by atoms with E-state index in [-0.39, 0.29) is 16.7 Å². The molecule has 0 aliphatic rings. The predicted molar refractivity (Wildman–Crippen MR) is 64.7 cm³/mol. The monoisotopic (exact) mass is 217 g/mol. The third kappa shape index (κ3) is 5.53. The van der Waals surface area contributed by atoms with Crippen molar-refractivity contribution in [2.24, 2.45) is 10.8 Å². The molecule has 0 fully saturated rings. The zero-order chi connectivity index (χ0) is 11.4. The summed E-state index contributed by atoms with van der Waals surface area (Å²) in [6.07, 6.45) is 0.887. The molecule has 84 valence electrons. The predicted octanol–water partition coefficient (Wildman–Crippen LogP) is 2.49. The van der Waals surface area contributed by atoms with Crippen LogP contribution in [0.1, 0.15) is 41.0 Å². The quantitative estimate of drug-likeness (QED) is 0.696. The Bertz CT molecular complexity index is 194. The van der Waals surface area contributed by atoms with Gasteiger partial charge >= 0.3 is 0 Å². The van der Waals surface area contributed by atoms with Crippen molar-refractivity contribution >= 4 is 18.5 Å². The molecule has 1 N–H and O–H groups in total. The van der Waals surface area contributed by atoms with Gasteiger partial charge in [-0.15, -0.1) is 0 Å². The molecule has 14 heavy (non-hydrogen) atoms. The van der Waals surface area contributed by atoms with E-state index in [1.54, 1.807) is 0 Å². The summed E-state index contributed by atoms with van der Waals surface area (Å²) in [7, 11) is 0. The van der Waals surface area contributed by atoms with Crippen molar-refractivity contribution in [1.82, 2.24) is 5.32 Å². The van der Waals surface area contributed by atoms with E-state index in [1.165, 1.54) is 0 Å². The van der Waals surface area contributed by atoms with Crippen LogP contribution in [0, 0.1) is 10.8 Å². The molecule has 0 aliphatic carbocycles. The fourth-order valence-electron chi connectivity index (χ4n) is 1.81. The average Bonchev–Trinajstić information content (AvgIpc) is 1.95. The standard InChI is InChI=1S/C11H23NOS/c1-10(2,3)8-11(4,5)9(13)12-6-7-14/h14H,6-8H2,1-5H3,(H,12,13). The summed E-state index contributed by atoms with van der Waals surface area (Å²) < 4.78 is 0. The maximum atomic E-state index is 11.8. The van der Waals surface area contributed by atoms with Crippen molar-refractivity contribution in [3.8, 4) is 0 Å². The van der Waals surface area contributed by atoms with Crippen molar-refractivity contribution in [3.63, 3.8) is 0 Å². The van der Waals surface area contributed by atoms with Gasteiger partial charge in [0.2, 0.25) is 5.91 Å². The van der Waals surface area contributed by atoms with Gasteiger partial charge in [-0.2, -0.15) is 12.6 Å². The normalized spacial score (nSPS) is 12.7. The zero-order valence-corrected chi connectivity index (χ0v) is 10.9. The van der Waals surface area contributed by atoms with Gasteiger partial charge in [-0.3, -0.25) is 4.79 Å². The lowest BCUT2D eigenvalue weighted by Crippen LogP contribution is -2.40. The highest BCUT2D eigenvalue weighted by Gasteiger charge is 2.31. The lowest BCUT2D eigenvalue weighted by atomic mass is 9.76.